The van der Waals surface area contributed by atoms with Crippen molar-refractivity contribution in [3.8, 4) is 0 Å². The fourth-order valence-electron chi connectivity index (χ4n) is 1.68. The van der Waals surface area contributed by atoms with Gasteiger partial charge in [0.05, 0.1) is 5.02 Å². The number of hydrogen-bond donors (Lipinski definition) is 1. The molecule has 0 atom stereocenters. The number of halogens is 2. The highest BCUT2D eigenvalue weighted by Crippen LogP contribution is 2.29. The van der Waals surface area contributed by atoms with E-state index in [1.54, 1.807) is 6.07 Å². The van der Waals surface area contributed by atoms with E-state index in [0.717, 1.165) is 18.4 Å². The standard InChI is InChI=1S/C12H17ClFN/c1-12(2,6-7-15)8-9-4-3-5-10(14)11(9)13/h3-5H,6-8,15H2,1-2H3. The Morgan fingerprint density at radius 2 is 2.07 bits per heavy atom. The fraction of sp³-hybridized carbons (Fsp3) is 0.500. The van der Waals surface area contributed by atoms with Gasteiger partial charge in [-0.2, -0.15) is 0 Å². The van der Waals surface area contributed by atoms with Crippen LogP contribution in [-0.2, 0) is 6.42 Å². The maximum Gasteiger partial charge on any atom is 0.142 e. The molecule has 0 radical (unpaired) electrons. The van der Waals surface area contributed by atoms with Gasteiger partial charge < -0.3 is 5.73 Å². The zero-order valence-corrected chi connectivity index (χ0v) is 9.94. The number of nitrogens with two attached hydrogens (primary N) is 1. The monoisotopic (exact) mass is 229 g/mol. The first-order valence-electron chi connectivity index (χ1n) is 5.09. The van der Waals surface area contributed by atoms with Gasteiger partial charge in [-0.05, 0) is 36.4 Å². The van der Waals surface area contributed by atoms with Crippen LogP contribution in [0.25, 0.3) is 0 Å². The normalized spacial score (nSPS) is 11.8. The van der Waals surface area contributed by atoms with Crippen molar-refractivity contribution >= 4 is 11.6 Å². The highest BCUT2D eigenvalue weighted by molar-refractivity contribution is 6.31. The van der Waals surface area contributed by atoms with Crippen LogP contribution >= 0.6 is 11.6 Å². The fourth-order valence-corrected chi connectivity index (χ4v) is 1.87. The van der Waals surface area contributed by atoms with Gasteiger partial charge in [-0.3, -0.25) is 0 Å². The quantitative estimate of drug-likeness (QED) is 0.842. The SMILES string of the molecule is CC(C)(CCN)Cc1cccc(F)c1Cl. The minimum Gasteiger partial charge on any atom is -0.330 e. The zero-order chi connectivity index (χ0) is 11.5. The van der Waals surface area contributed by atoms with Gasteiger partial charge in [0.1, 0.15) is 5.82 Å². The first-order valence-corrected chi connectivity index (χ1v) is 5.47. The predicted octanol–water partition coefficient (Wildman–Crippen LogP) is 3.40. The van der Waals surface area contributed by atoms with E-state index in [2.05, 4.69) is 13.8 Å². The molecule has 0 heterocycles. The average molecular weight is 230 g/mol. The summed E-state index contributed by atoms with van der Waals surface area (Å²) in [4.78, 5) is 0. The molecule has 0 spiro atoms. The molecule has 0 unspecified atom stereocenters. The van der Waals surface area contributed by atoms with Crippen LogP contribution in [0.4, 0.5) is 4.39 Å². The third kappa shape index (κ3) is 3.47. The topological polar surface area (TPSA) is 26.0 Å². The summed E-state index contributed by atoms with van der Waals surface area (Å²) < 4.78 is 13.2. The lowest BCUT2D eigenvalue weighted by atomic mass is 9.83. The lowest BCUT2D eigenvalue weighted by Crippen LogP contribution is -2.20. The Balaban J connectivity index is 2.85. The molecule has 0 saturated carbocycles. The maximum atomic E-state index is 13.2. The summed E-state index contributed by atoms with van der Waals surface area (Å²) in [6, 6.07) is 4.93. The molecule has 0 amide bonds. The molecule has 1 nitrogen and oxygen atoms in total. The van der Waals surface area contributed by atoms with E-state index < -0.39 is 0 Å². The highest BCUT2D eigenvalue weighted by Gasteiger charge is 2.19. The largest absolute Gasteiger partial charge is 0.330 e. The van der Waals surface area contributed by atoms with Crippen molar-refractivity contribution in [3.63, 3.8) is 0 Å². The summed E-state index contributed by atoms with van der Waals surface area (Å²) in [6.45, 7) is 4.86. The molecule has 0 bridgehead atoms. The molecule has 0 aliphatic heterocycles. The van der Waals surface area contributed by atoms with Gasteiger partial charge in [-0.1, -0.05) is 37.6 Å². The second kappa shape index (κ2) is 4.95. The van der Waals surface area contributed by atoms with Crippen molar-refractivity contribution in [2.24, 2.45) is 11.1 Å². The predicted molar refractivity (Wildman–Crippen MR) is 62.6 cm³/mol. The molecule has 2 N–H and O–H groups in total. The number of benzene rings is 1. The number of hydrogen-bond acceptors (Lipinski definition) is 1. The van der Waals surface area contributed by atoms with Gasteiger partial charge in [0.2, 0.25) is 0 Å². The van der Waals surface area contributed by atoms with E-state index in [9.17, 15) is 4.39 Å². The number of rotatable bonds is 4. The summed E-state index contributed by atoms with van der Waals surface area (Å²) in [5, 5.41) is 0.239. The summed E-state index contributed by atoms with van der Waals surface area (Å²) in [5.41, 5.74) is 6.45. The van der Waals surface area contributed by atoms with E-state index in [1.807, 2.05) is 6.07 Å². The smallest absolute Gasteiger partial charge is 0.142 e. The molecule has 0 aromatic heterocycles. The van der Waals surface area contributed by atoms with Crippen LogP contribution in [0.5, 0.6) is 0 Å². The van der Waals surface area contributed by atoms with Crippen LogP contribution in [0.1, 0.15) is 25.8 Å². The first kappa shape index (κ1) is 12.5. The molecule has 0 aliphatic carbocycles. The van der Waals surface area contributed by atoms with E-state index in [4.69, 9.17) is 17.3 Å². The van der Waals surface area contributed by atoms with Crippen LogP contribution in [0.2, 0.25) is 5.02 Å². The Labute approximate surface area is 95.4 Å². The van der Waals surface area contributed by atoms with Crippen LogP contribution in [0.15, 0.2) is 18.2 Å². The van der Waals surface area contributed by atoms with Gasteiger partial charge >= 0.3 is 0 Å². The second-order valence-corrected chi connectivity index (χ2v) is 4.97. The van der Waals surface area contributed by atoms with E-state index in [-0.39, 0.29) is 16.3 Å². The van der Waals surface area contributed by atoms with Crippen molar-refractivity contribution in [1.29, 1.82) is 0 Å². The van der Waals surface area contributed by atoms with Crippen molar-refractivity contribution in [2.45, 2.75) is 26.7 Å². The van der Waals surface area contributed by atoms with Crippen molar-refractivity contribution in [2.75, 3.05) is 6.54 Å². The second-order valence-electron chi connectivity index (χ2n) is 4.59. The Hall–Kier alpha value is -0.600. The van der Waals surface area contributed by atoms with E-state index in [0.29, 0.717) is 6.54 Å². The van der Waals surface area contributed by atoms with Gasteiger partial charge in [-0.15, -0.1) is 0 Å². The summed E-state index contributed by atoms with van der Waals surface area (Å²) in [6.07, 6.45) is 1.65. The van der Waals surface area contributed by atoms with E-state index in [1.165, 1.54) is 6.07 Å². The molecule has 1 aromatic rings. The van der Waals surface area contributed by atoms with Gasteiger partial charge in [0, 0.05) is 0 Å². The minimum atomic E-state index is -0.349. The Bertz CT molecular complexity index is 336. The molecule has 0 fully saturated rings. The van der Waals surface area contributed by atoms with Crippen LogP contribution < -0.4 is 5.73 Å². The van der Waals surface area contributed by atoms with Crippen molar-refractivity contribution < 1.29 is 4.39 Å². The Kier molecular flexibility index (Phi) is 4.12. The lowest BCUT2D eigenvalue weighted by molar-refractivity contribution is 0.338. The summed E-state index contributed by atoms with van der Waals surface area (Å²) in [5.74, 6) is -0.349. The molecular formula is C12H17ClFN. The summed E-state index contributed by atoms with van der Waals surface area (Å²) >= 11 is 5.89. The molecule has 84 valence electrons. The molecule has 0 aliphatic rings. The molecule has 1 aromatic carbocycles. The van der Waals surface area contributed by atoms with Crippen LogP contribution in [0.3, 0.4) is 0 Å². The zero-order valence-electron chi connectivity index (χ0n) is 9.19. The molecule has 15 heavy (non-hydrogen) atoms. The summed E-state index contributed by atoms with van der Waals surface area (Å²) in [7, 11) is 0. The molecule has 0 saturated heterocycles. The molecule has 3 heteroatoms. The third-order valence-electron chi connectivity index (χ3n) is 2.52. The van der Waals surface area contributed by atoms with Crippen molar-refractivity contribution in [3.05, 3.63) is 34.6 Å². The average Bonchev–Trinajstić information content (AvgIpc) is 2.12. The van der Waals surface area contributed by atoms with E-state index >= 15 is 0 Å². The molecule has 1 rings (SSSR count). The first-order chi connectivity index (χ1) is 6.96. The molecular weight excluding hydrogens is 213 g/mol. The van der Waals surface area contributed by atoms with Gasteiger partial charge in [-0.25, -0.2) is 4.39 Å². The third-order valence-corrected chi connectivity index (χ3v) is 2.94. The Morgan fingerprint density at radius 3 is 2.67 bits per heavy atom. The van der Waals surface area contributed by atoms with Crippen LogP contribution in [-0.4, -0.2) is 6.54 Å². The highest BCUT2D eigenvalue weighted by atomic mass is 35.5. The minimum absolute atomic E-state index is 0.0617. The van der Waals surface area contributed by atoms with Gasteiger partial charge in [0.15, 0.2) is 0 Å². The van der Waals surface area contributed by atoms with Crippen LogP contribution in [0, 0.1) is 11.2 Å². The lowest BCUT2D eigenvalue weighted by Gasteiger charge is -2.24. The van der Waals surface area contributed by atoms with Gasteiger partial charge in [0.25, 0.3) is 0 Å². The maximum absolute atomic E-state index is 13.2. The Morgan fingerprint density at radius 1 is 1.40 bits per heavy atom. The van der Waals surface area contributed by atoms with Crippen molar-refractivity contribution in [1.82, 2.24) is 0 Å².